The second kappa shape index (κ2) is 7.64. The Balaban J connectivity index is 1.76. The molecule has 1 heterocycles. The number of urea groups is 1. The van der Waals surface area contributed by atoms with E-state index in [1.165, 1.54) is 11.3 Å². The van der Waals surface area contributed by atoms with Gasteiger partial charge < -0.3 is 10.6 Å². The lowest BCUT2D eigenvalue weighted by Crippen LogP contribution is -2.38. The van der Waals surface area contributed by atoms with E-state index in [1.54, 1.807) is 17.6 Å². The van der Waals surface area contributed by atoms with Crippen LogP contribution in [-0.4, -0.2) is 17.6 Å². The van der Waals surface area contributed by atoms with E-state index >= 15 is 0 Å². The number of amides is 2. The summed E-state index contributed by atoms with van der Waals surface area (Å²) in [5.74, 6) is 0. The van der Waals surface area contributed by atoms with Gasteiger partial charge >= 0.3 is 6.03 Å². The van der Waals surface area contributed by atoms with Crippen molar-refractivity contribution in [1.29, 1.82) is 0 Å². The minimum absolute atomic E-state index is 0.115. The molecule has 21 heavy (non-hydrogen) atoms. The van der Waals surface area contributed by atoms with E-state index in [-0.39, 0.29) is 12.1 Å². The maximum atomic E-state index is 11.8. The number of hydrogen-bond acceptors (Lipinski definition) is 3. The first-order chi connectivity index (χ1) is 10.1. The molecule has 1 unspecified atom stereocenters. The first-order valence-corrected chi connectivity index (χ1v) is 8.12. The summed E-state index contributed by atoms with van der Waals surface area (Å²) in [6.45, 7) is 2.39. The number of aromatic nitrogens is 1. The van der Waals surface area contributed by atoms with Gasteiger partial charge in [0.2, 0.25) is 0 Å². The summed E-state index contributed by atoms with van der Waals surface area (Å²) in [6, 6.07) is 5.01. The zero-order valence-corrected chi connectivity index (χ0v) is 13.7. The number of carbonyl (C=O) groups is 1. The molecule has 2 aromatic rings. The second-order valence-corrected chi connectivity index (χ2v) is 6.08. The summed E-state index contributed by atoms with van der Waals surface area (Å²) in [4.78, 5) is 15.9. The standard InChI is InChI=1S/C14H15Cl2N3OS/c1-9(13-7-21-8-18-13)19-14(20)17-5-4-10-2-3-11(15)6-12(10)16/h2-3,6-9H,4-5H2,1H3,(H2,17,19,20). The van der Waals surface area contributed by atoms with Gasteiger partial charge in [-0.05, 0) is 31.0 Å². The van der Waals surface area contributed by atoms with Crippen LogP contribution in [0, 0.1) is 0 Å². The number of thiazole rings is 1. The third kappa shape index (κ3) is 4.88. The minimum Gasteiger partial charge on any atom is -0.338 e. The number of halogens is 2. The highest BCUT2D eigenvalue weighted by atomic mass is 35.5. The van der Waals surface area contributed by atoms with Gasteiger partial charge in [0.05, 0.1) is 17.2 Å². The van der Waals surface area contributed by atoms with Gasteiger partial charge in [-0.25, -0.2) is 9.78 Å². The summed E-state index contributed by atoms with van der Waals surface area (Å²) >= 11 is 13.4. The van der Waals surface area contributed by atoms with E-state index in [9.17, 15) is 4.79 Å². The Kier molecular flexibility index (Phi) is 5.85. The highest BCUT2D eigenvalue weighted by Gasteiger charge is 2.10. The molecular formula is C14H15Cl2N3OS. The van der Waals surface area contributed by atoms with E-state index in [0.29, 0.717) is 23.0 Å². The van der Waals surface area contributed by atoms with E-state index in [0.717, 1.165) is 11.3 Å². The molecule has 2 rings (SSSR count). The Labute approximate surface area is 137 Å². The Morgan fingerprint density at radius 1 is 1.43 bits per heavy atom. The number of carbonyl (C=O) groups excluding carboxylic acids is 1. The van der Waals surface area contributed by atoms with Crippen LogP contribution in [-0.2, 0) is 6.42 Å². The van der Waals surface area contributed by atoms with E-state index in [1.807, 2.05) is 18.4 Å². The van der Waals surface area contributed by atoms with Crippen LogP contribution in [0.5, 0.6) is 0 Å². The zero-order valence-electron chi connectivity index (χ0n) is 11.4. The molecule has 0 fully saturated rings. The maximum absolute atomic E-state index is 11.8. The summed E-state index contributed by atoms with van der Waals surface area (Å²) in [5.41, 5.74) is 3.55. The fraction of sp³-hybridized carbons (Fsp3) is 0.286. The Hall–Kier alpha value is -1.30. The van der Waals surface area contributed by atoms with E-state index in [2.05, 4.69) is 15.6 Å². The van der Waals surface area contributed by atoms with Crippen LogP contribution in [0.4, 0.5) is 4.79 Å². The predicted octanol–water partition coefficient (Wildman–Crippen LogP) is 4.05. The summed E-state index contributed by atoms with van der Waals surface area (Å²) < 4.78 is 0. The molecule has 1 aromatic carbocycles. The quantitative estimate of drug-likeness (QED) is 0.860. The van der Waals surface area contributed by atoms with E-state index < -0.39 is 0 Å². The topological polar surface area (TPSA) is 54.0 Å². The van der Waals surface area contributed by atoms with Crippen molar-refractivity contribution < 1.29 is 4.79 Å². The van der Waals surface area contributed by atoms with Crippen molar-refractivity contribution in [3.8, 4) is 0 Å². The fourth-order valence-electron chi connectivity index (χ4n) is 1.79. The van der Waals surface area contributed by atoms with Gasteiger partial charge in [0.1, 0.15) is 0 Å². The molecule has 1 atom stereocenters. The molecular weight excluding hydrogens is 329 g/mol. The van der Waals surface area contributed by atoms with Crippen LogP contribution in [0.15, 0.2) is 29.1 Å². The molecule has 0 radical (unpaired) electrons. The molecule has 2 amide bonds. The van der Waals surface area contributed by atoms with Gasteiger partial charge in [-0.15, -0.1) is 11.3 Å². The molecule has 0 aliphatic rings. The van der Waals surface area contributed by atoms with Gasteiger partial charge in [-0.2, -0.15) is 0 Å². The van der Waals surface area contributed by atoms with Gasteiger partial charge in [0.25, 0.3) is 0 Å². The van der Waals surface area contributed by atoms with Crippen LogP contribution in [0.3, 0.4) is 0 Å². The van der Waals surface area contributed by atoms with Gasteiger partial charge in [0, 0.05) is 22.0 Å². The smallest absolute Gasteiger partial charge is 0.315 e. The van der Waals surface area contributed by atoms with E-state index in [4.69, 9.17) is 23.2 Å². The maximum Gasteiger partial charge on any atom is 0.315 e. The number of rotatable bonds is 5. The van der Waals surface area contributed by atoms with Crippen LogP contribution < -0.4 is 10.6 Å². The number of nitrogens with zero attached hydrogens (tertiary/aromatic N) is 1. The lowest BCUT2D eigenvalue weighted by atomic mass is 10.1. The molecule has 0 bridgehead atoms. The molecule has 7 heteroatoms. The molecule has 1 aromatic heterocycles. The first-order valence-electron chi connectivity index (χ1n) is 6.42. The summed E-state index contributed by atoms with van der Waals surface area (Å²) in [7, 11) is 0. The molecule has 2 N–H and O–H groups in total. The van der Waals surface area contributed by atoms with Crippen LogP contribution >= 0.6 is 34.5 Å². The van der Waals surface area contributed by atoms with Gasteiger partial charge in [-0.3, -0.25) is 0 Å². The second-order valence-electron chi connectivity index (χ2n) is 4.52. The van der Waals surface area contributed by atoms with Crippen LogP contribution in [0.2, 0.25) is 10.0 Å². The fourth-order valence-corrected chi connectivity index (χ4v) is 2.94. The minimum atomic E-state index is -0.222. The van der Waals surface area contributed by atoms with Crippen molar-refractivity contribution in [1.82, 2.24) is 15.6 Å². The summed E-state index contributed by atoms with van der Waals surface area (Å²) in [6.07, 6.45) is 0.647. The highest BCUT2D eigenvalue weighted by molar-refractivity contribution is 7.07. The summed E-state index contributed by atoms with van der Waals surface area (Å²) in [5, 5.41) is 8.76. The third-order valence-electron chi connectivity index (χ3n) is 2.94. The average molecular weight is 344 g/mol. The first kappa shape index (κ1) is 16.1. The predicted molar refractivity (Wildman–Crippen MR) is 87.2 cm³/mol. The van der Waals surface area contributed by atoms with Crippen molar-refractivity contribution in [2.45, 2.75) is 19.4 Å². The van der Waals surface area contributed by atoms with Crippen molar-refractivity contribution in [3.63, 3.8) is 0 Å². The number of nitrogens with one attached hydrogen (secondary N) is 2. The molecule has 112 valence electrons. The normalized spacial score (nSPS) is 12.0. The lowest BCUT2D eigenvalue weighted by molar-refractivity contribution is 0.238. The number of hydrogen-bond donors (Lipinski definition) is 2. The molecule has 0 saturated heterocycles. The molecule has 0 aliphatic heterocycles. The Bertz CT molecular complexity index is 604. The third-order valence-corrected chi connectivity index (χ3v) is 4.13. The van der Waals surface area contributed by atoms with Crippen LogP contribution in [0.25, 0.3) is 0 Å². The van der Waals surface area contributed by atoms with Crippen molar-refractivity contribution >= 4 is 40.6 Å². The SMILES string of the molecule is CC(NC(=O)NCCc1ccc(Cl)cc1Cl)c1cscn1. The Morgan fingerprint density at radius 3 is 2.90 bits per heavy atom. The molecule has 4 nitrogen and oxygen atoms in total. The average Bonchev–Trinajstić information content (AvgIpc) is 2.95. The monoisotopic (exact) mass is 343 g/mol. The molecule has 0 spiro atoms. The van der Waals surface area contributed by atoms with Crippen molar-refractivity contribution in [3.05, 3.63) is 50.4 Å². The number of benzene rings is 1. The zero-order chi connectivity index (χ0) is 15.2. The van der Waals surface area contributed by atoms with Crippen LogP contribution in [0.1, 0.15) is 24.2 Å². The Morgan fingerprint density at radius 2 is 2.24 bits per heavy atom. The molecule has 0 saturated carbocycles. The lowest BCUT2D eigenvalue weighted by Gasteiger charge is -2.13. The largest absolute Gasteiger partial charge is 0.338 e. The van der Waals surface area contributed by atoms with Gasteiger partial charge in [0.15, 0.2) is 0 Å². The van der Waals surface area contributed by atoms with Crippen molar-refractivity contribution in [2.75, 3.05) is 6.54 Å². The highest BCUT2D eigenvalue weighted by Crippen LogP contribution is 2.21. The van der Waals surface area contributed by atoms with Crippen molar-refractivity contribution in [2.24, 2.45) is 0 Å². The molecule has 0 aliphatic carbocycles. The van der Waals surface area contributed by atoms with Gasteiger partial charge in [-0.1, -0.05) is 29.3 Å².